The van der Waals surface area contributed by atoms with Gasteiger partial charge < -0.3 is 10.2 Å². The summed E-state index contributed by atoms with van der Waals surface area (Å²) in [6, 6.07) is 4.03. The lowest BCUT2D eigenvalue weighted by atomic mass is 10.0. The SMILES string of the molecule is O=C(C1CC1c1cc(F)ccc1F)N1CCC(NCC2CC2)CC1. The number of nitrogens with zero attached hydrogens (tertiary/aromatic N) is 1. The molecule has 1 heterocycles. The van der Waals surface area contributed by atoms with Crippen LogP contribution in [0.5, 0.6) is 0 Å². The number of amides is 1. The summed E-state index contributed by atoms with van der Waals surface area (Å²) in [5, 5.41) is 3.61. The fraction of sp³-hybridized carbons (Fsp3) is 0.632. The molecule has 4 rings (SSSR count). The highest BCUT2D eigenvalue weighted by molar-refractivity contribution is 5.83. The number of hydrogen-bond donors (Lipinski definition) is 1. The van der Waals surface area contributed by atoms with Gasteiger partial charge in [-0.05, 0) is 74.2 Å². The Bertz CT molecular complexity index is 624. The molecule has 0 spiro atoms. The lowest BCUT2D eigenvalue weighted by Gasteiger charge is -2.33. The normalized spacial score (nSPS) is 27.3. The highest BCUT2D eigenvalue weighted by Gasteiger charge is 2.47. The molecular weight excluding hydrogens is 310 g/mol. The van der Waals surface area contributed by atoms with Crippen LogP contribution in [0.1, 0.15) is 43.6 Å². The van der Waals surface area contributed by atoms with Crippen LogP contribution in [0.3, 0.4) is 0 Å². The predicted molar refractivity (Wildman–Crippen MR) is 87.5 cm³/mol. The third kappa shape index (κ3) is 3.46. The molecule has 5 heteroatoms. The van der Waals surface area contributed by atoms with Gasteiger partial charge in [0.15, 0.2) is 0 Å². The second kappa shape index (κ2) is 6.43. The van der Waals surface area contributed by atoms with Crippen molar-refractivity contribution in [2.75, 3.05) is 19.6 Å². The number of nitrogens with one attached hydrogen (secondary N) is 1. The first-order valence-corrected chi connectivity index (χ1v) is 9.09. The van der Waals surface area contributed by atoms with E-state index in [2.05, 4.69) is 5.32 Å². The van der Waals surface area contributed by atoms with Crippen molar-refractivity contribution >= 4 is 5.91 Å². The zero-order valence-corrected chi connectivity index (χ0v) is 13.8. The Morgan fingerprint density at radius 1 is 1.17 bits per heavy atom. The van der Waals surface area contributed by atoms with Gasteiger partial charge >= 0.3 is 0 Å². The molecule has 2 saturated carbocycles. The first-order valence-electron chi connectivity index (χ1n) is 9.09. The average molecular weight is 334 g/mol. The van der Waals surface area contributed by atoms with Crippen LogP contribution < -0.4 is 5.32 Å². The van der Waals surface area contributed by atoms with E-state index in [1.807, 2.05) is 4.90 Å². The van der Waals surface area contributed by atoms with E-state index < -0.39 is 11.6 Å². The van der Waals surface area contributed by atoms with E-state index in [9.17, 15) is 13.6 Å². The summed E-state index contributed by atoms with van der Waals surface area (Å²) in [6.45, 7) is 2.66. The molecule has 0 radical (unpaired) electrons. The lowest BCUT2D eigenvalue weighted by molar-refractivity contribution is -0.133. The van der Waals surface area contributed by atoms with Gasteiger partial charge in [0.2, 0.25) is 5.91 Å². The van der Waals surface area contributed by atoms with Crippen LogP contribution in [0.25, 0.3) is 0 Å². The van der Waals surface area contributed by atoms with Gasteiger partial charge in [0, 0.05) is 25.0 Å². The molecule has 3 nitrogen and oxygen atoms in total. The summed E-state index contributed by atoms with van der Waals surface area (Å²) < 4.78 is 27.2. The van der Waals surface area contributed by atoms with Gasteiger partial charge in [-0.3, -0.25) is 4.79 Å². The van der Waals surface area contributed by atoms with Crippen LogP contribution in [0.2, 0.25) is 0 Å². The summed E-state index contributed by atoms with van der Waals surface area (Å²) in [5.41, 5.74) is 0.356. The largest absolute Gasteiger partial charge is 0.342 e. The molecule has 2 unspecified atom stereocenters. The quantitative estimate of drug-likeness (QED) is 0.898. The van der Waals surface area contributed by atoms with Crippen molar-refractivity contribution in [2.24, 2.45) is 11.8 Å². The van der Waals surface area contributed by atoms with E-state index in [1.54, 1.807) is 0 Å². The van der Waals surface area contributed by atoms with Crippen LogP contribution in [0, 0.1) is 23.5 Å². The number of piperidine rings is 1. The summed E-state index contributed by atoms with van der Waals surface area (Å²) in [7, 11) is 0. The maximum Gasteiger partial charge on any atom is 0.226 e. The topological polar surface area (TPSA) is 32.3 Å². The molecule has 3 fully saturated rings. The zero-order valence-electron chi connectivity index (χ0n) is 13.8. The third-order valence-corrected chi connectivity index (χ3v) is 5.66. The monoisotopic (exact) mass is 334 g/mol. The molecule has 1 saturated heterocycles. The minimum atomic E-state index is -0.438. The predicted octanol–water partition coefficient (Wildman–Crippen LogP) is 3.06. The number of halogens is 2. The molecule has 1 aromatic rings. The third-order valence-electron chi connectivity index (χ3n) is 5.66. The van der Waals surface area contributed by atoms with Crippen LogP contribution in [-0.4, -0.2) is 36.5 Å². The summed E-state index contributed by atoms with van der Waals surface area (Å²) >= 11 is 0. The molecule has 1 amide bonds. The van der Waals surface area contributed by atoms with E-state index in [0.29, 0.717) is 18.0 Å². The number of rotatable bonds is 5. The van der Waals surface area contributed by atoms with Crippen molar-refractivity contribution in [3.63, 3.8) is 0 Å². The maximum absolute atomic E-state index is 13.8. The molecule has 1 aliphatic heterocycles. The number of carbonyl (C=O) groups excluding carboxylic acids is 1. The first kappa shape index (κ1) is 16.0. The van der Waals surface area contributed by atoms with Crippen molar-refractivity contribution in [1.29, 1.82) is 0 Å². The molecular formula is C19H24F2N2O. The number of likely N-dealkylation sites (tertiary alicyclic amines) is 1. The smallest absolute Gasteiger partial charge is 0.226 e. The molecule has 2 atom stereocenters. The van der Waals surface area contributed by atoms with E-state index >= 15 is 0 Å². The van der Waals surface area contributed by atoms with Gasteiger partial charge in [0.25, 0.3) is 0 Å². The molecule has 3 aliphatic rings. The van der Waals surface area contributed by atoms with Crippen molar-refractivity contribution in [1.82, 2.24) is 10.2 Å². The van der Waals surface area contributed by atoms with E-state index in [4.69, 9.17) is 0 Å². The van der Waals surface area contributed by atoms with Crippen LogP contribution >= 0.6 is 0 Å². The van der Waals surface area contributed by atoms with E-state index in [1.165, 1.54) is 18.9 Å². The number of hydrogen-bond acceptors (Lipinski definition) is 2. The maximum atomic E-state index is 13.8. The van der Waals surface area contributed by atoms with E-state index in [0.717, 1.165) is 50.5 Å². The Morgan fingerprint density at radius 2 is 1.92 bits per heavy atom. The van der Waals surface area contributed by atoms with Crippen LogP contribution in [0.4, 0.5) is 8.78 Å². The van der Waals surface area contributed by atoms with Crippen LogP contribution in [-0.2, 0) is 4.79 Å². The Kier molecular flexibility index (Phi) is 4.29. The van der Waals surface area contributed by atoms with E-state index in [-0.39, 0.29) is 17.7 Å². The molecule has 1 N–H and O–H groups in total. The van der Waals surface area contributed by atoms with Crippen molar-refractivity contribution in [3.8, 4) is 0 Å². The van der Waals surface area contributed by atoms with Gasteiger partial charge in [0.1, 0.15) is 11.6 Å². The standard InChI is InChI=1S/C19H24F2N2O/c20-13-3-4-18(21)16(9-13)15-10-17(15)19(24)23-7-5-14(6-8-23)22-11-12-1-2-12/h3-4,9,12,14-15,17,22H,1-2,5-8,10-11H2. The minimum Gasteiger partial charge on any atom is -0.342 e. The summed E-state index contributed by atoms with van der Waals surface area (Å²) in [4.78, 5) is 14.5. The van der Waals surface area contributed by atoms with Crippen molar-refractivity contribution in [3.05, 3.63) is 35.4 Å². The minimum absolute atomic E-state index is 0.115. The Hall–Kier alpha value is -1.49. The molecule has 0 aromatic heterocycles. The fourth-order valence-electron chi connectivity index (χ4n) is 3.80. The highest BCUT2D eigenvalue weighted by Crippen LogP contribution is 2.49. The summed E-state index contributed by atoms with van der Waals surface area (Å²) in [6.07, 6.45) is 5.32. The Morgan fingerprint density at radius 3 is 2.62 bits per heavy atom. The second-order valence-corrected chi connectivity index (χ2v) is 7.57. The number of benzene rings is 1. The van der Waals surface area contributed by atoms with Crippen LogP contribution in [0.15, 0.2) is 18.2 Å². The molecule has 1 aromatic carbocycles. The van der Waals surface area contributed by atoms with Gasteiger partial charge in [-0.2, -0.15) is 0 Å². The van der Waals surface area contributed by atoms with Gasteiger partial charge in [0.05, 0.1) is 0 Å². The molecule has 130 valence electrons. The highest BCUT2D eigenvalue weighted by atomic mass is 19.1. The average Bonchev–Trinajstić information content (AvgIpc) is 3.49. The number of carbonyl (C=O) groups is 1. The second-order valence-electron chi connectivity index (χ2n) is 7.57. The molecule has 2 aliphatic carbocycles. The van der Waals surface area contributed by atoms with Crippen molar-refractivity contribution in [2.45, 2.75) is 44.1 Å². The van der Waals surface area contributed by atoms with Gasteiger partial charge in [-0.15, -0.1) is 0 Å². The molecule has 0 bridgehead atoms. The zero-order chi connectivity index (χ0) is 16.7. The Labute approximate surface area is 141 Å². The van der Waals surface area contributed by atoms with Gasteiger partial charge in [-0.25, -0.2) is 8.78 Å². The van der Waals surface area contributed by atoms with Crippen molar-refractivity contribution < 1.29 is 13.6 Å². The fourth-order valence-corrected chi connectivity index (χ4v) is 3.80. The molecule has 24 heavy (non-hydrogen) atoms. The Balaban J connectivity index is 1.29. The summed E-state index contributed by atoms with van der Waals surface area (Å²) in [5.74, 6) is -0.176. The lowest BCUT2D eigenvalue weighted by Crippen LogP contribution is -2.46. The van der Waals surface area contributed by atoms with Gasteiger partial charge in [-0.1, -0.05) is 0 Å². The first-order chi connectivity index (χ1) is 11.6.